The lowest BCUT2D eigenvalue weighted by Crippen LogP contribution is -2.10. The van der Waals surface area contributed by atoms with Crippen molar-refractivity contribution in [2.24, 2.45) is 0 Å². The summed E-state index contributed by atoms with van der Waals surface area (Å²) in [4.78, 5) is 0. The second kappa shape index (κ2) is 4.57. The molecule has 1 N–H and O–H groups in total. The van der Waals surface area contributed by atoms with Gasteiger partial charge in [0.15, 0.2) is 5.58 Å². The van der Waals surface area contributed by atoms with E-state index in [-0.39, 0.29) is 6.04 Å². The van der Waals surface area contributed by atoms with E-state index in [2.05, 4.69) is 21.2 Å². The van der Waals surface area contributed by atoms with Crippen molar-refractivity contribution in [1.29, 1.82) is 0 Å². The van der Waals surface area contributed by atoms with Crippen LogP contribution >= 0.6 is 39.1 Å². The highest BCUT2D eigenvalue weighted by atomic mass is 79.9. The molecule has 0 aliphatic carbocycles. The third kappa shape index (κ3) is 1.97. The highest BCUT2D eigenvalue weighted by molar-refractivity contribution is 9.10. The van der Waals surface area contributed by atoms with Crippen molar-refractivity contribution in [2.75, 3.05) is 7.05 Å². The fourth-order valence-corrected chi connectivity index (χ4v) is 2.49. The largest absolute Gasteiger partial charge is 0.458 e. The molecule has 1 aromatic carbocycles. The van der Waals surface area contributed by atoms with Crippen molar-refractivity contribution in [1.82, 2.24) is 5.32 Å². The van der Waals surface area contributed by atoms with Crippen LogP contribution in [0.2, 0.25) is 10.0 Å². The maximum Gasteiger partial charge on any atom is 0.154 e. The molecule has 0 spiro atoms. The van der Waals surface area contributed by atoms with E-state index in [4.69, 9.17) is 27.6 Å². The normalized spacial score (nSPS) is 13.3. The molecule has 0 saturated carbocycles. The zero-order chi connectivity index (χ0) is 11.9. The first kappa shape index (κ1) is 12.2. The first-order valence-electron chi connectivity index (χ1n) is 4.78. The molecule has 16 heavy (non-hydrogen) atoms. The Morgan fingerprint density at radius 3 is 2.69 bits per heavy atom. The zero-order valence-corrected chi connectivity index (χ0v) is 11.9. The third-order valence-corrected chi connectivity index (χ3v) is 4.07. The lowest BCUT2D eigenvalue weighted by Gasteiger charge is -2.04. The van der Waals surface area contributed by atoms with Crippen LogP contribution in [0.3, 0.4) is 0 Å². The maximum absolute atomic E-state index is 6.17. The monoisotopic (exact) mass is 321 g/mol. The van der Waals surface area contributed by atoms with Crippen LogP contribution in [0, 0.1) is 0 Å². The lowest BCUT2D eigenvalue weighted by molar-refractivity contribution is 0.475. The molecule has 0 saturated heterocycles. The quantitative estimate of drug-likeness (QED) is 0.805. The van der Waals surface area contributed by atoms with Crippen LogP contribution in [0.1, 0.15) is 18.7 Å². The molecular formula is C11H10BrCl2NO. The molecule has 0 fully saturated rings. The van der Waals surface area contributed by atoms with Gasteiger partial charge in [-0.3, -0.25) is 0 Å². The Labute approximate surface area is 112 Å². The zero-order valence-electron chi connectivity index (χ0n) is 8.77. The molecule has 2 rings (SSSR count). The van der Waals surface area contributed by atoms with E-state index in [0.29, 0.717) is 15.6 Å². The van der Waals surface area contributed by atoms with Crippen LogP contribution in [0.25, 0.3) is 11.0 Å². The number of benzene rings is 1. The fraction of sp³-hybridized carbons (Fsp3) is 0.273. The fourth-order valence-electron chi connectivity index (χ4n) is 1.48. The summed E-state index contributed by atoms with van der Waals surface area (Å²) in [6.45, 7) is 2.01. The maximum atomic E-state index is 6.17. The average molecular weight is 323 g/mol. The van der Waals surface area contributed by atoms with E-state index in [1.54, 1.807) is 6.07 Å². The van der Waals surface area contributed by atoms with Gasteiger partial charge in [-0.2, -0.15) is 0 Å². The van der Waals surface area contributed by atoms with E-state index < -0.39 is 0 Å². The Bertz CT molecular complexity index is 538. The highest BCUT2D eigenvalue weighted by Crippen LogP contribution is 2.38. The molecule has 1 unspecified atom stereocenters. The Balaban J connectivity index is 2.70. The van der Waals surface area contributed by atoms with Crippen molar-refractivity contribution >= 4 is 50.1 Å². The Morgan fingerprint density at radius 1 is 1.38 bits per heavy atom. The Kier molecular flexibility index (Phi) is 3.50. The van der Waals surface area contributed by atoms with Crippen LogP contribution in [-0.4, -0.2) is 7.05 Å². The van der Waals surface area contributed by atoms with Crippen LogP contribution in [0.15, 0.2) is 21.0 Å². The summed E-state index contributed by atoms with van der Waals surface area (Å²) in [5.74, 6) is 0.819. The molecule has 0 aliphatic rings. The van der Waals surface area contributed by atoms with Gasteiger partial charge in [-0.1, -0.05) is 23.2 Å². The van der Waals surface area contributed by atoms with Crippen LogP contribution in [-0.2, 0) is 0 Å². The summed E-state index contributed by atoms with van der Waals surface area (Å²) in [6.07, 6.45) is 0. The Morgan fingerprint density at radius 2 is 2.06 bits per heavy atom. The molecular weight excluding hydrogens is 313 g/mol. The molecule has 1 aromatic heterocycles. The van der Waals surface area contributed by atoms with Gasteiger partial charge in [-0.25, -0.2) is 0 Å². The number of nitrogens with one attached hydrogen (secondary N) is 1. The van der Waals surface area contributed by atoms with Crippen molar-refractivity contribution in [2.45, 2.75) is 13.0 Å². The van der Waals surface area contributed by atoms with E-state index in [1.807, 2.05) is 20.0 Å². The summed E-state index contributed by atoms with van der Waals surface area (Å²) in [7, 11) is 1.87. The summed E-state index contributed by atoms with van der Waals surface area (Å²) >= 11 is 15.6. The number of furan rings is 1. The molecule has 0 radical (unpaired) electrons. The summed E-state index contributed by atoms with van der Waals surface area (Å²) < 4.78 is 6.46. The van der Waals surface area contributed by atoms with E-state index in [9.17, 15) is 0 Å². The summed E-state index contributed by atoms with van der Waals surface area (Å²) in [6, 6.07) is 3.78. The third-order valence-electron chi connectivity index (χ3n) is 2.53. The number of fused-ring (bicyclic) bond motifs is 1. The second-order valence-electron chi connectivity index (χ2n) is 3.56. The highest BCUT2D eigenvalue weighted by Gasteiger charge is 2.16. The minimum Gasteiger partial charge on any atom is -0.458 e. The van der Waals surface area contributed by atoms with Crippen molar-refractivity contribution in [3.8, 4) is 0 Å². The van der Waals surface area contributed by atoms with Gasteiger partial charge in [0.25, 0.3) is 0 Å². The number of rotatable bonds is 2. The topological polar surface area (TPSA) is 25.2 Å². The van der Waals surface area contributed by atoms with Gasteiger partial charge in [0.1, 0.15) is 5.76 Å². The molecule has 2 nitrogen and oxygen atoms in total. The van der Waals surface area contributed by atoms with Crippen LogP contribution < -0.4 is 5.32 Å². The van der Waals surface area contributed by atoms with Crippen LogP contribution in [0.4, 0.5) is 0 Å². The van der Waals surface area contributed by atoms with E-state index in [1.165, 1.54) is 0 Å². The number of hydrogen-bond acceptors (Lipinski definition) is 2. The summed E-state index contributed by atoms with van der Waals surface area (Å²) in [5.41, 5.74) is 0.631. The van der Waals surface area contributed by atoms with Gasteiger partial charge < -0.3 is 9.73 Å². The predicted molar refractivity (Wildman–Crippen MR) is 71.4 cm³/mol. The number of halogens is 3. The smallest absolute Gasteiger partial charge is 0.154 e. The number of hydrogen-bond donors (Lipinski definition) is 1. The van der Waals surface area contributed by atoms with E-state index in [0.717, 1.165) is 15.6 Å². The SMILES string of the molecule is CNC(C)c1cc2c(Cl)c(Br)cc(Cl)c2o1. The van der Waals surface area contributed by atoms with Gasteiger partial charge in [-0.15, -0.1) is 0 Å². The molecule has 86 valence electrons. The van der Waals surface area contributed by atoms with Gasteiger partial charge in [0, 0.05) is 9.86 Å². The van der Waals surface area contributed by atoms with Gasteiger partial charge in [0.05, 0.1) is 16.1 Å². The van der Waals surface area contributed by atoms with Gasteiger partial charge in [0.2, 0.25) is 0 Å². The first-order valence-corrected chi connectivity index (χ1v) is 6.33. The minimum atomic E-state index is 0.123. The van der Waals surface area contributed by atoms with Crippen LogP contribution in [0.5, 0.6) is 0 Å². The van der Waals surface area contributed by atoms with Crippen molar-refractivity contribution in [3.05, 3.63) is 32.4 Å². The molecule has 1 atom stereocenters. The van der Waals surface area contributed by atoms with Gasteiger partial charge >= 0.3 is 0 Å². The summed E-state index contributed by atoms with van der Waals surface area (Å²) in [5, 5.41) is 5.11. The van der Waals surface area contributed by atoms with E-state index >= 15 is 0 Å². The average Bonchev–Trinajstić information content (AvgIpc) is 2.70. The molecule has 1 heterocycles. The lowest BCUT2D eigenvalue weighted by atomic mass is 10.2. The molecule has 0 aliphatic heterocycles. The molecule has 0 amide bonds. The Hall–Kier alpha value is -0.220. The predicted octanol–water partition coefficient (Wildman–Crippen LogP) is 4.78. The molecule has 2 aromatic rings. The van der Waals surface area contributed by atoms with Crippen molar-refractivity contribution in [3.63, 3.8) is 0 Å². The first-order chi connectivity index (χ1) is 7.54. The minimum absolute atomic E-state index is 0.123. The van der Waals surface area contributed by atoms with Crippen molar-refractivity contribution < 1.29 is 4.42 Å². The second-order valence-corrected chi connectivity index (χ2v) is 5.20. The molecule has 5 heteroatoms. The molecule has 0 bridgehead atoms. The van der Waals surface area contributed by atoms with Gasteiger partial charge in [-0.05, 0) is 42.0 Å². The standard InChI is InChI=1S/C11H10BrCl2NO/c1-5(15-2)9-3-6-10(14)7(12)4-8(13)11(6)16-9/h3-5,15H,1-2H3.